The predicted molar refractivity (Wildman–Crippen MR) is 249 cm³/mol. The van der Waals surface area contributed by atoms with E-state index in [0.29, 0.717) is 38.9 Å². The summed E-state index contributed by atoms with van der Waals surface area (Å²) in [5.41, 5.74) is -2.83. The molecule has 0 saturated carbocycles. The normalized spacial score (nSPS) is 40.3. The number of methoxy groups -OCH3 is 1. The van der Waals surface area contributed by atoms with Crippen LogP contribution in [0, 0.1) is 27.9 Å². The third kappa shape index (κ3) is 13.4. The molecular formula is C48H80N6O14. The van der Waals surface area contributed by atoms with Gasteiger partial charge < -0.3 is 64.2 Å². The van der Waals surface area contributed by atoms with Crippen LogP contribution in [0.5, 0.6) is 0 Å². The van der Waals surface area contributed by atoms with Crippen LogP contribution in [-0.4, -0.2) is 174 Å². The number of aliphatic hydroxyl groups is 5. The number of nitrogens with one attached hydrogen (secondary N) is 1. The Kier molecular flexibility index (Phi) is 19.1. The molecule has 1 aromatic carbocycles. The molecule has 1 aromatic heterocycles. The molecule has 0 spiro atoms. The van der Waals surface area contributed by atoms with Crippen LogP contribution in [0.1, 0.15) is 106 Å². The molecular weight excluding hydrogens is 885 g/mol. The highest BCUT2D eigenvalue weighted by atomic mass is 16.7. The lowest BCUT2D eigenvalue weighted by atomic mass is 9.77. The molecule has 20 nitrogen and oxygen atoms in total. The van der Waals surface area contributed by atoms with Crippen LogP contribution >= 0.6 is 0 Å². The Hall–Kier alpha value is -3.25. The number of carbonyl (C=O) groups is 1. The van der Waals surface area contributed by atoms with E-state index in [1.54, 1.807) is 65.3 Å². The largest absolute Gasteiger partial charge is 0.459 e. The summed E-state index contributed by atoms with van der Waals surface area (Å²) in [7, 11) is 3.40. The fourth-order valence-corrected chi connectivity index (χ4v) is 10.3. The number of ether oxygens (including phenoxy) is 6. The van der Waals surface area contributed by atoms with E-state index < -0.39 is 107 Å². The van der Waals surface area contributed by atoms with Gasteiger partial charge >= 0.3 is 5.97 Å². The maximum Gasteiger partial charge on any atom is 0.311 e. The molecule has 3 fully saturated rings. The molecule has 0 radical (unpaired) electrons. The van der Waals surface area contributed by atoms with Crippen molar-refractivity contribution in [3.05, 3.63) is 51.8 Å². The number of non-ortho nitro benzene ring substituents is 1. The summed E-state index contributed by atoms with van der Waals surface area (Å²) in [6.07, 6.45) is -6.21. The molecule has 4 heterocycles. The number of aliphatic hydroxyl groups excluding tert-OH is 3. The van der Waals surface area contributed by atoms with Crippen LogP contribution in [0.4, 0.5) is 5.69 Å². The average molecular weight is 965 g/mol. The van der Waals surface area contributed by atoms with Crippen LogP contribution in [0.2, 0.25) is 0 Å². The number of nitro benzene ring substituents is 1. The van der Waals surface area contributed by atoms with E-state index in [9.17, 15) is 40.4 Å². The van der Waals surface area contributed by atoms with Crippen molar-refractivity contribution in [3.63, 3.8) is 0 Å². The molecule has 386 valence electrons. The highest BCUT2D eigenvalue weighted by Crippen LogP contribution is 2.40. The van der Waals surface area contributed by atoms with E-state index >= 15 is 0 Å². The minimum Gasteiger partial charge on any atom is -0.459 e. The van der Waals surface area contributed by atoms with Gasteiger partial charge in [-0.1, -0.05) is 38.1 Å². The molecule has 0 unspecified atom stereocenters. The van der Waals surface area contributed by atoms with Crippen LogP contribution < -0.4 is 5.32 Å². The van der Waals surface area contributed by atoms with Gasteiger partial charge in [0.15, 0.2) is 12.6 Å². The number of nitrogens with zero attached hydrogens (tertiary/aromatic N) is 5. The Morgan fingerprint density at radius 2 is 1.66 bits per heavy atom. The van der Waals surface area contributed by atoms with Crippen molar-refractivity contribution in [2.75, 3.05) is 27.2 Å². The van der Waals surface area contributed by atoms with E-state index in [1.807, 2.05) is 32.0 Å². The van der Waals surface area contributed by atoms with Gasteiger partial charge in [-0.05, 0) is 99.2 Å². The van der Waals surface area contributed by atoms with Gasteiger partial charge in [0.25, 0.3) is 5.69 Å². The summed E-state index contributed by atoms with van der Waals surface area (Å²) in [5, 5.41) is 82.0. The summed E-state index contributed by atoms with van der Waals surface area (Å²) in [6.45, 7) is 18.7. The topological polar surface area (TPSA) is 263 Å². The lowest BCUT2D eigenvalue weighted by Crippen LogP contribution is -2.61. The van der Waals surface area contributed by atoms with E-state index in [2.05, 4.69) is 15.6 Å². The first-order valence-electron chi connectivity index (χ1n) is 24.2. The summed E-state index contributed by atoms with van der Waals surface area (Å²) in [6, 6.07) is 5.36. The van der Waals surface area contributed by atoms with Crippen LogP contribution in [0.3, 0.4) is 0 Å². The highest BCUT2D eigenvalue weighted by molar-refractivity contribution is 5.73. The molecule has 5 rings (SSSR count). The van der Waals surface area contributed by atoms with E-state index in [0.717, 1.165) is 11.3 Å². The molecule has 3 aliphatic rings. The van der Waals surface area contributed by atoms with Gasteiger partial charge in [-0.25, -0.2) is 0 Å². The van der Waals surface area contributed by atoms with Gasteiger partial charge in [-0.2, -0.15) is 0 Å². The van der Waals surface area contributed by atoms with Crippen LogP contribution in [0.25, 0.3) is 0 Å². The van der Waals surface area contributed by atoms with Gasteiger partial charge in [-0.15, -0.1) is 5.10 Å². The lowest BCUT2D eigenvalue weighted by Gasteiger charge is -2.49. The second-order valence-electron chi connectivity index (χ2n) is 20.6. The minimum absolute atomic E-state index is 0.0360. The summed E-state index contributed by atoms with van der Waals surface area (Å²) in [5.74, 6) is -2.83. The molecule has 3 aliphatic heterocycles. The number of hydrogen-bond donors (Lipinski definition) is 6. The summed E-state index contributed by atoms with van der Waals surface area (Å²) < 4.78 is 39.8. The van der Waals surface area contributed by atoms with Crippen molar-refractivity contribution in [1.82, 2.24) is 25.2 Å². The van der Waals surface area contributed by atoms with Crippen LogP contribution in [-0.2, 0) is 52.6 Å². The maximum absolute atomic E-state index is 14.4. The van der Waals surface area contributed by atoms with Gasteiger partial charge in [0.2, 0.25) is 0 Å². The summed E-state index contributed by atoms with van der Waals surface area (Å²) >= 11 is 0. The average Bonchev–Trinajstić information content (AvgIpc) is 3.75. The molecule has 0 aliphatic carbocycles. The monoisotopic (exact) mass is 965 g/mol. The minimum atomic E-state index is -1.84. The van der Waals surface area contributed by atoms with Gasteiger partial charge in [0, 0.05) is 69.4 Å². The zero-order chi connectivity index (χ0) is 50.5. The first-order valence-corrected chi connectivity index (χ1v) is 24.2. The van der Waals surface area contributed by atoms with Crippen molar-refractivity contribution in [1.29, 1.82) is 0 Å². The Morgan fingerprint density at radius 1 is 0.985 bits per heavy atom. The van der Waals surface area contributed by atoms with E-state index in [1.165, 1.54) is 26.2 Å². The molecule has 3 saturated heterocycles. The predicted octanol–water partition coefficient (Wildman–Crippen LogP) is 2.91. The fourth-order valence-electron chi connectivity index (χ4n) is 10.3. The number of esters is 1. The quantitative estimate of drug-likeness (QED) is 0.0903. The summed E-state index contributed by atoms with van der Waals surface area (Å²) in [4.78, 5) is 27.0. The molecule has 0 bridgehead atoms. The smallest absolute Gasteiger partial charge is 0.311 e. The van der Waals surface area contributed by atoms with Gasteiger partial charge in [-0.3, -0.25) is 19.6 Å². The van der Waals surface area contributed by atoms with Crippen molar-refractivity contribution < 1.29 is 63.7 Å². The Labute approximate surface area is 401 Å². The Balaban J connectivity index is 1.41. The Morgan fingerprint density at radius 3 is 2.29 bits per heavy atom. The van der Waals surface area contributed by atoms with Crippen molar-refractivity contribution in [3.8, 4) is 0 Å². The highest BCUT2D eigenvalue weighted by Gasteiger charge is 2.52. The lowest BCUT2D eigenvalue weighted by molar-refractivity contribution is -0.384. The van der Waals surface area contributed by atoms with Crippen LogP contribution in [0.15, 0.2) is 30.5 Å². The number of cyclic esters (lactones) is 1. The van der Waals surface area contributed by atoms with E-state index in [4.69, 9.17) is 28.4 Å². The number of hydrogen-bond acceptors (Lipinski definition) is 18. The zero-order valence-electron chi connectivity index (χ0n) is 42.1. The molecule has 2 aromatic rings. The van der Waals surface area contributed by atoms with E-state index in [-0.39, 0.29) is 37.0 Å². The molecule has 20 heteroatoms. The molecule has 68 heavy (non-hydrogen) atoms. The van der Waals surface area contributed by atoms with Crippen molar-refractivity contribution >= 4 is 11.7 Å². The molecule has 18 atom stereocenters. The first kappa shape index (κ1) is 55.7. The molecule has 6 N–H and O–H groups in total. The maximum atomic E-state index is 14.4. The SMILES string of the molecule is CC[C@H]1OC(=O)[C@H](C)[C@@H](O[C@H]2C[C@@](C)(OC)[C@@H](O)[C@H](C)O2)[C@H](C)[C@@H](O[C@@H]2O[C@H](C)C[C@H](N(C)CCc3cn(CCc4ccc([N+](=O)[O-])cc4)nn3)[C@H]2O)[C@](C)(O)C[C@@H](C)CN[C@H](C)[C@@H](O)[C@]1(C)O. The number of nitro groups is 1. The van der Waals surface area contributed by atoms with Gasteiger partial charge in [0.1, 0.15) is 30.0 Å². The third-order valence-electron chi connectivity index (χ3n) is 14.7. The number of carbonyl (C=O) groups excluding carboxylic acids is 1. The first-order chi connectivity index (χ1) is 31.8. The number of benzene rings is 1. The number of aryl methyl sites for hydroxylation is 2. The Bertz CT molecular complexity index is 1920. The second-order valence-corrected chi connectivity index (χ2v) is 20.6. The molecule has 0 amide bonds. The second kappa shape index (κ2) is 23.3. The third-order valence-corrected chi connectivity index (χ3v) is 14.7. The fraction of sp³-hybridized carbons (Fsp3) is 0.812. The van der Waals surface area contributed by atoms with Gasteiger partial charge in [0.05, 0.1) is 52.2 Å². The number of aromatic nitrogens is 3. The number of likely N-dealkylation sites (N-methyl/N-ethyl adjacent to an activating group) is 1. The van der Waals surface area contributed by atoms with Crippen molar-refractivity contribution in [2.45, 2.75) is 205 Å². The zero-order valence-corrected chi connectivity index (χ0v) is 42.1. The van der Waals surface area contributed by atoms with Crippen molar-refractivity contribution in [2.24, 2.45) is 17.8 Å². The number of rotatable bonds is 14. The standard InChI is InChI=1S/C48H80N6O14/c1-13-37-48(10,60)41(56)31(6)49-25-27(2)23-46(8,59)43(29(4)40(30(5)44(58)66-37)67-38-24-47(9,63-12)42(57)32(7)65-38)68-45-39(55)36(22-28(3)64-45)52(11)20-19-34-26-53(51-50-34)21-18-33-14-16-35(17-15-33)54(61)62/h14-17,26-32,36-43,45,49,55-57,59-60H,13,18-25H2,1-12H3/t27-,28-,29+,30-,31-,32+,36+,37-,38+,39-,40+,41-,42+,43-,45+,46-,47-,48-/m1/s1.